The summed E-state index contributed by atoms with van der Waals surface area (Å²) in [5, 5.41) is 0. The molecule has 26 heavy (non-hydrogen) atoms. The van der Waals surface area contributed by atoms with E-state index in [4.69, 9.17) is 4.74 Å². The van der Waals surface area contributed by atoms with Gasteiger partial charge in [-0.2, -0.15) is 0 Å². The van der Waals surface area contributed by atoms with Crippen LogP contribution in [0.4, 0.5) is 0 Å². The normalized spacial score (nSPS) is 14.2. The Bertz CT molecular complexity index is 753. The molecule has 2 aromatic rings. The van der Waals surface area contributed by atoms with Gasteiger partial charge in [-0.15, -0.1) is 0 Å². The standard InChI is InChI=1S/C21H24N2O3/c1-26-19-10-6-5-9-18(19)16-21(25)23-13-11-22(12-14-23)20(24)15-17-7-3-2-4-8-17/h2-10H,11-16H2,1H3. The molecular formula is C21H24N2O3. The number of para-hydroxylation sites is 1. The maximum Gasteiger partial charge on any atom is 0.227 e. The van der Waals surface area contributed by atoms with Crippen LogP contribution in [-0.4, -0.2) is 54.9 Å². The number of carbonyl (C=O) groups is 2. The highest BCUT2D eigenvalue weighted by Gasteiger charge is 2.24. The van der Waals surface area contributed by atoms with Crippen LogP contribution in [0.15, 0.2) is 54.6 Å². The van der Waals surface area contributed by atoms with Crippen LogP contribution in [-0.2, 0) is 22.4 Å². The smallest absolute Gasteiger partial charge is 0.227 e. The van der Waals surface area contributed by atoms with Crippen molar-refractivity contribution in [3.63, 3.8) is 0 Å². The van der Waals surface area contributed by atoms with Gasteiger partial charge < -0.3 is 14.5 Å². The van der Waals surface area contributed by atoms with Gasteiger partial charge >= 0.3 is 0 Å². The highest BCUT2D eigenvalue weighted by Crippen LogP contribution is 2.19. The molecule has 0 N–H and O–H groups in total. The van der Waals surface area contributed by atoms with E-state index in [2.05, 4.69) is 0 Å². The van der Waals surface area contributed by atoms with Gasteiger partial charge in [-0.1, -0.05) is 48.5 Å². The molecule has 1 fully saturated rings. The number of carbonyl (C=O) groups excluding carboxylic acids is 2. The first-order chi connectivity index (χ1) is 12.7. The van der Waals surface area contributed by atoms with E-state index in [1.807, 2.05) is 64.4 Å². The average molecular weight is 352 g/mol. The van der Waals surface area contributed by atoms with E-state index in [1.54, 1.807) is 7.11 Å². The maximum absolute atomic E-state index is 12.6. The Morgan fingerprint density at radius 1 is 0.808 bits per heavy atom. The predicted octanol–water partition coefficient (Wildman–Crippen LogP) is 2.15. The summed E-state index contributed by atoms with van der Waals surface area (Å²) in [6, 6.07) is 17.3. The van der Waals surface area contributed by atoms with Gasteiger partial charge in [0.05, 0.1) is 20.0 Å². The van der Waals surface area contributed by atoms with Crippen molar-refractivity contribution in [1.82, 2.24) is 9.80 Å². The van der Waals surface area contributed by atoms with E-state index in [-0.39, 0.29) is 11.8 Å². The quantitative estimate of drug-likeness (QED) is 0.828. The highest BCUT2D eigenvalue weighted by atomic mass is 16.5. The van der Waals surface area contributed by atoms with Crippen molar-refractivity contribution < 1.29 is 14.3 Å². The Balaban J connectivity index is 1.51. The maximum atomic E-state index is 12.6. The molecule has 1 aliphatic heterocycles. The minimum atomic E-state index is 0.0738. The van der Waals surface area contributed by atoms with E-state index in [1.165, 1.54) is 0 Å². The minimum Gasteiger partial charge on any atom is -0.496 e. The Hall–Kier alpha value is -2.82. The van der Waals surface area contributed by atoms with E-state index in [9.17, 15) is 9.59 Å². The van der Waals surface area contributed by atoms with Gasteiger partial charge in [-0.05, 0) is 11.6 Å². The summed E-state index contributed by atoms with van der Waals surface area (Å²) in [5.41, 5.74) is 1.91. The van der Waals surface area contributed by atoms with Gasteiger partial charge in [0.25, 0.3) is 0 Å². The summed E-state index contributed by atoms with van der Waals surface area (Å²) in [6.07, 6.45) is 0.734. The Morgan fingerprint density at radius 2 is 1.35 bits per heavy atom. The average Bonchev–Trinajstić information content (AvgIpc) is 2.69. The summed E-state index contributed by atoms with van der Waals surface area (Å²) < 4.78 is 5.32. The molecule has 0 aliphatic carbocycles. The number of benzene rings is 2. The molecule has 1 saturated heterocycles. The Kier molecular flexibility index (Phi) is 5.89. The van der Waals surface area contributed by atoms with Crippen LogP contribution in [0.3, 0.4) is 0 Å². The third-order valence-electron chi connectivity index (χ3n) is 4.72. The fourth-order valence-electron chi connectivity index (χ4n) is 3.21. The molecule has 0 bridgehead atoms. The lowest BCUT2D eigenvalue weighted by Crippen LogP contribution is -2.51. The van der Waals surface area contributed by atoms with Crippen LogP contribution in [0.5, 0.6) is 5.75 Å². The number of rotatable bonds is 5. The molecule has 0 spiro atoms. The summed E-state index contributed by atoms with van der Waals surface area (Å²) >= 11 is 0. The molecule has 0 aromatic heterocycles. The molecular weight excluding hydrogens is 328 g/mol. The van der Waals surface area contributed by atoms with Crippen LogP contribution in [0.1, 0.15) is 11.1 Å². The number of hydrogen-bond acceptors (Lipinski definition) is 3. The zero-order valence-corrected chi connectivity index (χ0v) is 15.1. The number of ether oxygens (including phenoxy) is 1. The molecule has 0 saturated carbocycles. The second-order valence-corrected chi connectivity index (χ2v) is 6.41. The fourth-order valence-corrected chi connectivity index (χ4v) is 3.21. The van der Waals surface area contributed by atoms with E-state index in [0.717, 1.165) is 16.9 Å². The first kappa shape index (κ1) is 18.0. The summed E-state index contributed by atoms with van der Waals surface area (Å²) in [5.74, 6) is 0.926. The van der Waals surface area contributed by atoms with Gasteiger partial charge in [-0.3, -0.25) is 9.59 Å². The SMILES string of the molecule is COc1ccccc1CC(=O)N1CCN(C(=O)Cc2ccccc2)CC1. The minimum absolute atomic E-state index is 0.0738. The summed E-state index contributed by atoms with van der Waals surface area (Å²) in [7, 11) is 1.61. The van der Waals surface area contributed by atoms with Gasteiger partial charge in [0, 0.05) is 31.7 Å². The summed E-state index contributed by atoms with van der Waals surface area (Å²) in [6.45, 7) is 2.33. The lowest BCUT2D eigenvalue weighted by atomic mass is 10.1. The van der Waals surface area contributed by atoms with Crippen LogP contribution in [0, 0.1) is 0 Å². The zero-order valence-electron chi connectivity index (χ0n) is 15.1. The number of amides is 2. The van der Waals surface area contributed by atoms with Crippen molar-refractivity contribution in [2.75, 3.05) is 33.3 Å². The molecule has 136 valence electrons. The van der Waals surface area contributed by atoms with E-state index >= 15 is 0 Å². The molecule has 2 amide bonds. The van der Waals surface area contributed by atoms with Crippen molar-refractivity contribution in [2.45, 2.75) is 12.8 Å². The first-order valence-electron chi connectivity index (χ1n) is 8.88. The fraction of sp³-hybridized carbons (Fsp3) is 0.333. The van der Waals surface area contributed by atoms with Gasteiger partial charge in [0.2, 0.25) is 11.8 Å². The molecule has 3 rings (SSSR count). The molecule has 0 radical (unpaired) electrons. The van der Waals surface area contributed by atoms with Crippen LogP contribution in [0.2, 0.25) is 0 Å². The molecule has 2 aromatic carbocycles. The lowest BCUT2D eigenvalue weighted by Gasteiger charge is -2.35. The van der Waals surface area contributed by atoms with Crippen LogP contribution >= 0.6 is 0 Å². The number of nitrogens with zero attached hydrogens (tertiary/aromatic N) is 2. The van der Waals surface area contributed by atoms with Crippen molar-refractivity contribution >= 4 is 11.8 Å². The van der Waals surface area contributed by atoms with Gasteiger partial charge in [-0.25, -0.2) is 0 Å². The molecule has 5 nitrogen and oxygen atoms in total. The van der Waals surface area contributed by atoms with Gasteiger partial charge in [0.1, 0.15) is 5.75 Å². The third kappa shape index (κ3) is 4.42. The van der Waals surface area contributed by atoms with Crippen molar-refractivity contribution in [1.29, 1.82) is 0 Å². The second kappa shape index (κ2) is 8.52. The van der Waals surface area contributed by atoms with Crippen LogP contribution < -0.4 is 4.74 Å². The number of hydrogen-bond donors (Lipinski definition) is 0. The zero-order chi connectivity index (χ0) is 18.4. The summed E-state index contributed by atoms with van der Waals surface area (Å²) in [4.78, 5) is 28.7. The topological polar surface area (TPSA) is 49.9 Å². The third-order valence-corrected chi connectivity index (χ3v) is 4.72. The number of methoxy groups -OCH3 is 1. The Morgan fingerprint density at radius 3 is 1.96 bits per heavy atom. The highest BCUT2D eigenvalue weighted by molar-refractivity contribution is 5.81. The lowest BCUT2D eigenvalue weighted by molar-refractivity contribution is -0.138. The number of piperazine rings is 1. The monoisotopic (exact) mass is 352 g/mol. The van der Waals surface area contributed by atoms with Crippen molar-refractivity contribution in [3.05, 3.63) is 65.7 Å². The molecule has 0 atom stereocenters. The second-order valence-electron chi connectivity index (χ2n) is 6.41. The van der Waals surface area contributed by atoms with Crippen LogP contribution in [0.25, 0.3) is 0 Å². The van der Waals surface area contributed by atoms with E-state index < -0.39 is 0 Å². The molecule has 1 heterocycles. The first-order valence-corrected chi connectivity index (χ1v) is 8.88. The van der Waals surface area contributed by atoms with Crippen molar-refractivity contribution in [3.8, 4) is 5.75 Å². The molecule has 0 unspecified atom stereocenters. The molecule has 5 heteroatoms. The Labute approximate surface area is 154 Å². The largest absolute Gasteiger partial charge is 0.496 e. The van der Waals surface area contributed by atoms with Crippen molar-refractivity contribution in [2.24, 2.45) is 0 Å². The van der Waals surface area contributed by atoms with Gasteiger partial charge in [0.15, 0.2) is 0 Å². The van der Waals surface area contributed by atoms with E-state index in [0.29, 0.717) is 39.0 Å². The molecule has 1 aliphatic rings. The predicted molar refractivity (Wildman–Crippen MR) is 100 cm³/mol.